The Morgan fingerprint density at radius 3 is 2.59 bits per heavy atom. The first-order chi connectivity index (χ1) is 16.3. The van der Waals surface area contributed by atoms with E-state index in [1.165, 1.54) is 24.3 Å². The third kappa shape index (κ3) is 4.70. The van der Waals surface area contributed by atoms with E-state index in [4.69, 9.17) is 16.9 Å². The van der Waals surface area contributed by atoms with Crippen LogP contribution in [0.5, 0.6) is 0 Å². The van der Waals surface area contributed by atoms with E-state index in [-0.39, 0.29) is 20.2 Å². The number of rotatable bonds is 6. The second-order valence-corrected chi connectivity index (χ2v) is 10.6. The summed E-state index contributed by atoms with van der Waals surface area (Å²) in [6.07, 6.45) is 2.64. The number of benzene rings is 1. The number of anilines is 1. The third-order valence-electron chi connectivity index (χ3n) is 5.54. The summed E-state index contributed by atoms with van der Waals surface area (Å²) in [5.41, 5.74) is 3.89. The number of hydrogen-bond donors (Lipinski definition) is 1. The first-order valence-corrected chi connectivity index (χ1v) is 12.9. The third-order valence-corrected chi connectivity index (χ3v) is 7.99. The Morgan fingerprint density at radius 2 is 1.91 bits per heavy atom. The van der Waals surface area contributed by atoms with E-state index in [0.29, 0.717) is 44.1 Å². The minimum atomic E-state index is -0.524. The highest BCUT2D eigenvalue weighted by atomic mass is 35.5. The lowest BCUT2D eigenvalue weighted by Gasteiger charge is -2.15. The zero-order chi connectivity index (χ0) is 24.4. The molecule has 0 spiro atoms. The molecule has 1 unspecified atom stereocenters. The molecule has 5 nitrogen and oxygen atoms in total. The van der Waals surface area contributed by atoms with Crippen molar-refractivity contribution in [2.24, 2.45) is 0 Å². The van der Waals surface area contributed by atoms with Gasteiger partial charge in [-0.2, -0.15) is 5.26 Å². The van der Waals surface area contributed by atoms with Gasteiger partial charge in [-0.25, -0.2) is 18.7 Å². The van der Waals surface area contributed by atoms with Crippen LogP contribution < -0.4 is 10.8 Å². The number of nitriles is 1. The maximum Gasteiger partial charge on any atom is 0.151 e. The van der Waals surface area contributed by atoms with Gasteiger partial charge in [0.05, 0.1) is 39.0 Å². The molecular formula is C25H21ClF2N5P. The Kier molecular flexibility index (Phi) is 7.02. The van der Waals surface area contributed by atoms with E-state index in [9.17, 15) is 4.39 Å². The highest BCUT2D eigenvalue weighted by molar-refractivity contribution is 7.64. The molecule has 0 aliphatic rings. The van der Waals surface area contributed by atoms with E-state index >= 15 is 4.39 Å². The van der Waals surface area contributed by atoms with Gasteiger partial charge in [-0.05, 0) is 50.1 Å². The van der Waals surface area contributed by atoms with E-state index in [1.54, 1.807) is 13.1 Å². The quantitative estimate of drug-likeness (QED) is 0.324. The summed E-state index contributed by atoms with van der Waals surface area (Å²) in [5, 5.41) is 12.5. The Bertz CT molecular complexity index is 1420. The van der Waals surface area contributed by atoms with Crippen molar-refractivity contribution >= 4 is 41.7 Å². The summed E-state index contributed by atoms with van der Waals surface area (Å²) < 4.78 is 29.3. The summed E-state index contributed by atoms with van der Waals surface area (Å²) in [4.78, 5) is 13.4. The van der Waals surface area contributed by atoms with E-state index in [2.05, 4.69) is 33.9 Å². The molecule has 4 aromatic rings. The first-order valence-electron chi connectivity index (χ1n) is 10.6. The molecule has 9 heteroatoms. The molecule has 0 amide bonds. The lowest BCUT2D eigenvalue weighted by atomic mass is 10.1. The van der Waals surface area contributed by atoms with Crippen molar-refractivity contribution in [3.05, 3.63) is 76.1 Å². The second-order valence-electron chi connectivity index (χ2n) is 7.76. The van der Waals surface area contributed by atoms with E-state index in [1.807, 2.05) is 18.2 Å². The van der Waals surface area contributed by atoms with Crippen LogP contribution in [0.1, 0.15) is 23.7 Å². The minimum absolute atomic E-state index is 0.0569. The fourth-order valence-electron chi connectivity index (χ4n) is 3.50. The topological polar surface area (TPSA) is 74.5 Å². The molecule has 0 saturated carbocycles. The molecule has 0 fully saturated rings. The maximum atomic E-state index is 15.0. The monoisotopic (exact) mass is 495 g/mol. The predicted molar refractivity (Wildman–Crippen MR) is 134 cm³/mol. The molecule has 0 saturated heterocycles. The number of halogens is 3. The molecule has 1 atom stereocenters. The van der Waals surface area contributed by atoms with E-state index < -0.39 is 11.6 Å². The number of aryl methyl sites for hydroxylation is 1. The molecule has 4 rings (SSSR count). The van der Waals surface area contributed by atoms with Gasteiger partial charge in [0.2, 0.25) is 0 Å². The molecule has 0 aliphatic carbocycles. The molecule has 1 N–H and O–H groups in total. The highest BCUT2D eigenvalue weighted by Crippen LogP contribution is 2.35. The van der Waals surface area contributed by atoms with Gasteiger partial charge in [0.1, 0.15) is 17.0 Å². The standard InChI is InChI=1S/C25H21ClF2N5P/c1-4-34(3)21-8-6-16(12-30-21)23-19(28)10-20-24(33-23)25(22(26)14(2)32-20)31-13-17-9-15(11-29)5-7-18(17)27/h5-10,12H,4,13H2,1-3H3,(H,31,32). The molecule has 0 aliphatic heterocycles. The number of nitrogens with zero attached hydrogens (tertiary/aromatic N) is 4. The number of pyridine rings is 3. The van der Waals surface area contributed by atoms with Crippen LogP contribution in [0.2, 0.25) is 5.02 Å². The molecular weight excluding hydrogens is 475 g/mol. The van der Waals surface area contributed by atoms with E-state index in [0.717, 1.165) is 11.6 Å². The van der Waals surface area contributed by atoms with Crippen molar-refractivity contribution in [2.75, 3.05) is 18.1 Å². The van der Waals surface area contributed by atoms with Crippen LogP contribution in [0.3, 0.4) is 0 Å². The van der Waals surface area contributed by atoms with Crippen molar-refractivity contribution in [3.8, 4) is 17.3 Å². The van der Waals surface area contributed by atoms with Crippen molar-refractivity contribution in [3.63, 3.8) is 0 Å². The van der Waals surface area contributed by atoms with Crippen molar-refractivity contribution in [2.45, 2.75) is 20.4 Å². The number of nitrogens with one attached hydrogen (secondary N) is 1. The van der Waals surface area contributed by atoms with Crippen LogP contribution in [-0.2, 0) is 6.54 Å². The van der Waals surface area contributed by atoms with Gasteiger partial charge >= 0.3 is 0 Å². The first kappa shape index (κ1) is 23.9. The fraction of sp³-hybridized carbons (Fsp3) is 0.200. The lowest BCUT2D eigenvalue weighted by Crippen LogP contribution is -2.08. The van der Waals surface area contributed by atoms with Crippen LogP contribution in [-0.4, -0.2) is 27.8 Å². The maximum absolute atomic E-state index is 15.0. The second kappa shape index (κ2) is 9.97. The van der Waals surface area contributed by atoms with Crippen LogP contribution in [0.15, 0.2) is 42.6 Å². The largest absolute Gasteiger partial charge is 0.378 e. The molecule has 34 heavy (non-hydrogen) atoms. The zero-order valence-corrected chi connectivity index (χ0v) is 20.5. The Labute approximate surface area is 202 Å². The Morgan fingerprint density at radius 1 is 1.12 bits per heavy atom. The summed E-state index contributed by atoms with van der Waals surface area (Å²) >= 11 is 6.53. The van der Waals surface area contributed by atoms with Crippen LogP contribution in [0, 0.1) is 29.9 Å². The number of hydrogen-bond acceptors (Lipinski definition) is 5. The van der Waals surface area contributed by atoms with Crippen LogP contribution >= 0.6 is 19.5 Å². The average Bonchev–Trinajstić information content (AvgIpc) is 2.84. The summed E-state index contributed by atoms with van der Waals surface area (Å²) in [6, 6.07) is 11.2. The lowest BCUT2D eigenvalue weighted by molar-refractivity contribution is 0.613. The average molecular weight is 496 g/mol. The Hall–Kier alpha value is -3.20. The number of fused-ring (bicyclic) bond motifs is 1. The summed E-state index contributed by atoms with van der Waals surface area (Å²) in [7, 11) is -0.351. The molecule has 3 aromatic heterocycles. The normalized spacial score (nSPS) is 11.9. The molecule has 1 aromatic carbocycles. The van der Waals surface area contributed by atoms with Gasteiger partial charge in [-0.1, -0.05) is 26.4 Å². The van der Waals surface area contributed by atoms with Crippen LogP contribution in [0.4, 0.5) is 14.5 Å². The van der Waals surface area contributed by atoms with Crippen molar-refractivity contribution in [1.82, 2.24) is 15.0 Å². The molecule has 172 valence electrons. The van der Waals surface area contributed by atoms with Gasteiger partial charge in [0.15, 0.2) is 5.82 Å². The van der Waals surface area contributed by atoms with Gasteiger partial charge < -0.3 is 5.32 Å². The molecule has 0 bridgehead atoms. The van der Waals surface area contributed by atoms with Gasteiger partial charge in [0, 0.05) is 29.9 Å². The summed E-state index contributed by atoms with van der Waals surface area (Å²) in [6.45, 7) is 6.02. The SMILES string of the molecule is CCP(C)c1ccc(-c2nc3c(NCc4cc(C#N)ccc4F)c(Cl)c(C)nc3cc2F)cn1. The Balaban J connectivity index is 1.78. The number of aromatic nitrogens is 3. The van der Waals surface area contributed by atoms with Crippen molar-refractivity contribution < 1.29 is 8.78 Å². The zero-order valence-electron chi connectivity index (χ0n) is 18.8. The minimum Gasteiger partial charge on any atom is -0.378 e. The molecule has 3 heterocycles. The fourth-order valence-corrected chi connectivity index (χ4v) is 4.61. The van der Waals surface area contributed by atoms with Gasteiger partial charge in [0.25, 0.3) is 0 Å². The predicted octanol–water partition coefficient (Wildman–Crippen LogP) is 6.17. The van der Waals surface area contributed by atoms with Crippen LogP contribution in [0.25, 0.3) is 22.3 Å². The van der Waals surface area contributed by atoms with Gasteiger partial charge in [-0.15, -0.1) is 0 Å². The summed E-state index contributed by atoms with van der Waals surface area (Å²) in [5.74, 6) is -0.976. The smallest absolute Gasteiger partial charge is 0.151 e. The van der Waals surface area contributed by atoms with Crippen molar-refractivity contribution in [1.29, 1.82) is 5.26 Å². The molecule has 0 radical (unpaired) electrons. The van der Waals surface area contributed by atoms with Gasteiger partial charge in [-0.3, -0.25) is 4.98 Å². The highest BCUT2D eigenvalue weighted by Gasteiger charge is 2.18.